The molecule has 0 N–H and O–H groups in total. The number of rotatable bonds is 4. The summed E-state index contributed by atoms with van der Waals surface area (Å²) in [5.41, 5.74) is 2.77. The Morgan fingerprint density at radius 2 is 1.82 bits per heavy atom. The third-order valence-electron chi connectivity index (χ3n) is 4.69. The molecule has 142 valence electrons. The number of fused-ring (bicyclic) bond motifs is 2. The summed E-state index contributed by atoms with van der Waals surface area (Å²) in [5.74, 6) is 1.17. The fourth-order valence-corrected chi connectivity index (χ4v) is 3.27. The number of carbonyl (C=O) groups is 1. The topological polar surface area (TPSA) is 72.6 Å². The summed E-state index contributed by atoms with van der Waals surface area (Å²) in [4.78, 5) is 23.1. The molecular formula is C21H21N5O2. The molecule has 0 saturated carbocycles. The first-order chi connectivity index (χ1) is 13.4. The maximum Gasteiger partial charge on any atom is 0.293 e. The number of hydrogen-bond donors (Lipinski definition) is 0. The second kappa shape index (κ2) is 6.92. The van der Waals surface area contributed by atoms with Crippen LogP contribution in [0.25, 0.3) is 16.6 Å². The Hall–Kier alpha value is -3.48. The molecule has 7 nitrogen and oxygen atoms in total. The van der Waals surface area contributed by atoms with Gasteiger partial charge in [-0.25, -0.2) is 9.50 Å². The van der Waals surface area contributed by atoms with E-state index >= 15 is 0 Å². The predicted molar refractivity (Wildman–Crippen MR) is 107 cm³/mol. The first kappa shape index (κ1) is 17.9. The molecule has 0 spiro atoms. The first-order valence-corrected chi connectivity index (χ1v) is 8.98. The molecule has 0 aliphatic heterocycles. The van der Waals surface area contributed by atoms with Crippen LogP contribution in [-0.2, 0) is 6.54 Å². The van der Waals surface area contributed by atoms with Crippen molar-refractivity contribution >= 4 is 22.5 Å². The average Bonchev–Trinajstić information content (AvgIpc) is 3.11. The Kier molecular flexibility index (Phi) is 4.43. The molecule has 4 aromatic rings. The molecule has 0 bridgehead atoms. The molecule has 0 unspecified atom stereocenters. The molecule has 1 amide bonds. The van der Waals surface area contributed by atoms with E-state index in [9.17, 15) is 4.79 Å². The van der Waals surface area contributed by atoms with Crippen molar-refractivity contribution in [2.75, 3.05) is 14.2 Å². The monoisotopic (exact) mass is 375 g/mol. The molecular weight excluding hydrogens is 354 g/mol. The number of aryl methyl sites for hydroxylation is 2. The Morgan fingerprint density at radius 1 is 1.07 bits per heavy atom. The van der Waals surface area contributed by atoms with Crippen molar-refractivity contribution in [3.05, 3.63) is 65.2 Å². The smallest absolute Gasteiger partial charge is 0.293 e. The number of methoxy groups -OCH3 is 1. The lowest BCUT2D eigenvalue weighted by Crippen LogP contribution is -2.27. The molecule has 0 fully saturated rings. The maximum absolute atomic E-state index is 12.8. The van der Waals surface area contributed by atoms with Crippen LogP contribution in [0.5, 0.6) is 5.75 Å². The van der Waals surface area contributed by atoms with Crippen molar-refractivity contribution in [1.82, 2.24) is 24.5 Å². The number of benzene rings is 2. The summed E-state index contributed by atoms with van der Waals surface area (Å²) in [6.07, 6.45) is 0. The fourth-order valence-electron chi connectivity index (χ4n) is 3.27. The molecule has 7 heteroatoms. The van der Waals surface area contributed by atoms with E-state index in [0.717, 1.165) is 33.5 Å². The number of ether oxygens (including phenoxy) is 1. The van der Waals surface area contributed by atoms with Crippen LogP contribution >= 0.6 is 0 Å². The normalized spacial score (nSPS) is 11.1. The van der Waals surface area contributed by atoms with E-state index in [-0.39, 0.29) is 11.7 Å². The lowest BCUT2D eigenvalue weighted by molar-refractivity contribution is 0.0773. The van der Waals surface area contributed by atoms with Crippen LogP contribution in [0, 0.1) is 13.8 Å². The van der Waals surface area contributed by atoms with E-state index in [1.54, 1.807) is 23.6 Å². The second-order valence-electron chi connectivity index (χ2n) is 6.89. The summed E-state index contributed by atoms with van der Waals surface area (Å²) in [7, 11) is 3.40. The van der Waals surface area contributed by atoms with E-state index in [0.29, 0.717) is 12.3 Å². The van der Waals surface area contributed by atoms with Gasteiger partial charge in [-0.15, -0.1) is 5.10 Å². The van der Waals surface area contributed by atoms with Gasteiger partial charge in [0.1, 0.15) is 5.75 Å². The minimum absolute atomic E-state index is 0.147. The van der Waals surface area contributed by atoms with Crippen LogP contribution in [0.1, 0.15) is 27.6 Å². The molecule has 2 heterocycles. The van der Waals surface area contributed by atoms with E-state index < -0.39 is 0 Å². The van der Waals surface area contributed by atoms with Gasteiger partial charge >= 0.3 is 0 Å². The molecule has 2 aromatic carbocycles. The Bertz CT molecular complexity index is 1200. The minimum atomic E-state index is -0.239. The summed E-state index contributed by atoms with van der Waals surface area (Å²) in [6.45, 7) is 4.27. The average molecular weight is 375 g/mol. The van der Waals surface area contributed by atoms with Gasteiger partial charge < -0.3 is 9.64 Å². The Morgan fingerprint density at radius 3 is 2.61 bits per heavy atom. The van der Waals surface area contributed by atoms with Crippen molar-refractivity contribution in [3.63, 3.8) is 0 Å². The Labute approximate surface area is 162 Å². The van der Waals surface area contributed by atoms with E-state index in [1.165, 1.54) is 0 Å². The van der Waals surface area contributed by atoms with Gasteiger partial charge in [-0.2, -0.15) is 4.98 Å². The first-order valence-electron chi connectivity index (χ1n) is 8.98. The molecule has 0 aliphatic carbocycles. The summed E-state index contributed by atoms with van der Waals surface area (Å²) in [6, 6.07) is 14.0. The lowest BCUT2D eigenvalue weighted by Gasteiger charge is -2.15. The highest BCUT2D eigenvalue weighted by atomic mass is 16.5. The SMILES string of the molecule is COc1ccc2cc(CN(C)C(=O)c3nc4nc(C)cc(C)n4n3)ccc2c1. The zero-order chi connectivity index (χ0) is 19.8. The highest BCUT2D eigenvalue weighted by Gasteiger charge is 2.19. The van der Waals surface area contributed by atoms with Crippen molar-refractivity contribution in [2.45, 2.75) is 20.4 Å². The second-order valence-corrected chi connectivity index (χ2v) is 6.89. The maximum atomic E-state index is 12.8. The van der Waals surface area contributed by atoms with Crippen LogP contribution < -0.4 is 4.74 Å². The van der Waals surface area contributed by atoms with Gasteiger partial charge in [0.15, 0.2) is 0 Å². The number of carbonyl (C=O) groups excluding carboxylic acids is 1. The van der Waals surface area contributed by atoms with Crippen molar-refractivity contribution < 1.29 is 9.53 Å². The molecule has 0 saturated heterocycles. The number of hydrogen-bond acceptors (Lipinski definition) is 5. The molecule has 0 atom stereocenters. The minimum Gasteiger partial charge on any atom is -0.497 e. The van der Waals surface area contributed by atoms with Gasteiger partial charge in [0.2, 0.25) is 5.82 Å². The summed E-state index contributed by atoms with van der Waals surface area (Å²) in [5, 5.41) is 6.51. The molecule has 2 aromatic heterocycles. The third kappa shape index (κ3) is 3.26. The standard InChI is InChI=1S/C21H21N5O2/c1-13-9-14(2)26-21(22-13)23-19(24-26)20(27)25(3)12-15-5-6-17-11-18(28-4)8-7-16(17)10-15/h5-11H,12H2,1-4H3. The van der Waals surface area contributed by atoms with Crippen LogP contribution in [0.4, 0.5) is 0 Å². The van der Waals surface area contributed by atoms with Gasteiger partial charge in [-0.3, -0.25) is 4.79 Å². The highest BCUT2D eigenvalue weighted by Crippen LogP contribution is 2.22. The number of amides is 1. The lowest BCUT2D eigenvalue weighted by atomic mass is 10.1. The van der Waals surface area contributed by atoms with Gasteiger partial charge in [0.25, 0.3) is 11.7 Å². The van der Waals surface area contributed by atoms with Gasteiger partial charge in [0, 0.05) is 25.0 Å². The zero-order valence-corrected chi connectivity index (χ0v) is 16.3. The van der Waals surface area contributed by atoms with Crippen molar-refractivity contribution in [1.29, 1.82) is 0 Å². The molecule has 4 rings (SSSR count). The van der Waals surface area contributed by atoms with Gasteiger partial charge in [-0.1, -0.05) is 18.2 Å². The quantitative estimate of drug-likeness (QED) is 0.548. The summed E-state index contributed by atoms with van der Waals surface area (Å²) >= 11 is 0. The van der Waals surface area contributed by atoms with Crippen LogP contribution in [0.15, 0.2) is 42.5 Å². The summed E-state index contributed by atoms with van der Waals surface area (Å²) < 4.78 is 6.86. The molecule has 0 aliphatic rings. The predicted octanol–water partition coefficient (Wildman–Crippen LogP) is 3.18. The van der Waals surface area contributed by atoms with E-state index in [2.05, 4.69) is 21.1 Å². The van der Waals surface area contributed by atoms with Crippen LogP contribution in [-0.4, -0.2) is 44.5 Å². The number of nitrogens with zero attached hydrogens (tertiary/aromatic N) is 5. The third-order valence-corrected chi connectivity index (χ3v) is 4.69. The fraction of sp³-hybridized carbons (Fsp3) is 0.238. The molecule has 28 heavy (non-hydrogen) atoms. The zero-order valence-electron chi connectivity index (χ0n) is 16.3. The van der Waals surface area contributed by atoms with E-state index in [4.69, 9.17) is 4.74 Å². The highest BCUT2D eigenvalue weighted by molar-refractivity contribution is 5.91. The van der Waals surface area contributed by atoms with Crippen molar-refractivity contribution in [3.8, 4) is 5.75 Å². The Balaban J connectivity index is 1.57. The van der Waals surface area contributed by atoms with Crippen LogP contribution in [0.3, 0.4) is 0 Å². The van der Waals surface area contributed by atoms with E-state index in [1.807, 2.05) is 50.2 Å². The van der Waals surface area contributed by atoms with Gasteiger partial charge in [-0.05, 0) is 54.4 Å². The van der Waals surface area contributed by atoms with Crippen molar-refractivity contribution in [2.24, 2.45) is 0 Å². The number of aromatic nitrogens is 4. The van der Waals surface area contributed by atoms with Gasteiger partial charge in [0.05, 0.1) is 7.11 Å². The largest absolute Gasteiger partial charge is 0.497 e. The molecule has 0 radical (unpaired) electrons. The van der Waals surface area contributed by atoms with Crippen LogP contribution in [0.2, 0.25) is 0 Å².